The molecule has 1 aromatic carbocycles. The standard InChI is InChI=1S/C12H14O6/c1-15-7-18-10-5-8(11(13)16-2)4-9(6-10)12(14)17-3/h4-6H,7H2,1-3H3. The average Bonchev–Trinajstić information content (AvgIpc) is 2.42. The second kappa shape index (κ2) is 6.61. The maximum absolute atomic E-state index is 11.4. The average molecular weight is 254 g/mol. The number of hydrogen-bond donors (Lipinski definition) is 0. The van der Waals surface area contributed by atoms with E-state index in [2.05, 4.69) is 9.47 Å². The van der Waals surface area contributed by atoms with E-state index in [-0.39, 0.29) is 17.9 Å². The van der Waals surface area contributed by atoms with E-state index in [1.807, 2.05) is 0 Å². The van der Waals surface area contributed by atoms with Gasteiger partial charge in [0.15, 0.2) is 6.79 Å². The van der Waals surface area contributed by atoms with E-state index in [4.69, 9.17) is 9.47 Å². The summed E-state index contributed by atoms with van der Waals surface area (Å²) in [6.45, 7) is 0.00520. The lowest BCUT2D eigenvalue weighted by Crippen LogP contribution is -2.08. The fourth-order valence-corrected chi connectivity index (χ4v) is 1.28. The minimum absolute atomic E-state index is 0.00520. The summed E-state index contributed by atoms with van der Waals surface area (Å²) in [6, 6.07) is 4.28. The number of ether oxygens (including phenoxy) is 4. The van der Waals surface area contributed by atoms with E-state index >= 15 is 0 Å². The molecule has 18 heavy (non-hydrogen) atoms. The summed E-state index contributed by atoms with van der Waals surface area (Å²) < 4.78 is 19.1. The maximum atomic E-state index is 11.4. The van der Waals surface area contributed by atoms with Gasteiger partial charge in [-0.3, -0.25) is 0 Å². The predicted molar refractivity (Wildman–Crippen MR) is 61.6 cm³/mol. The Hall–Kier alpha value is -2.08. The van der Waals surface area contributed by atoms with Crippen molar-refractivity contribution in [3.8, 4) is 5.75 Å². The third-order valence-electron chi connectivity index (χ3n) is 2.09. The molecule has 0 atom stereocenters. The monoisotopic (exact) mass is 254 g/mol. The molecule has 0 aliphatic carbocycles. The molecule has 0 aliphatic heterocycles. The van der Waals surface area contributed by atoms with E-state index in [1.54, 1.807) is 0 Å². The highest BCUT2D eigenvalue weighted by Gasteiger charge is 2.14. The maximum Gasteiger partial charge on any atom is 0.338 e. The molecular weight excluding hydrogens is 240 g/mol. The van der Waals surface area contributed by atoms with Gasteiger partial charge < -0.3 is 18.9 Å². The summed E-state index contributed by atoms with van der Waals surface area (Å²) in [5, 5.41) is 0. The van der Waals surface area contributed by atoms with E-state index in [9.17, 15) is 9.59 Å². The Morgan fingerprint density at radius 1 is 0.944 bits per heavy atom. The van der Waals surface area contributed by atoms with Crippen LogP contribution in [0.4, 0.5) is 0 Å². The van der Waals surface area contributed by atoms with Crippen LogP contribution in [-0.2, 0) is 14.2 Å². The van der Waals surface area contributed by atoms with E-state index < -0.39 is 11.9 Å². The van der Waals surface area contributed by atoms with Gasteiger partial charge in [0.25, 0.3) is 0 Å². The third kappa shape index (κ3) is 3.46. The highest BCUT2D eigenvalue weighted by molar-refractivity contribution is 5.96. The first kappa shape index (κ1) is 14.0. The Morgan fingerprint density at radius 2 is 1.44 bits per heavy atom. The van der Waals surface area contributed by atoms with Crippen LogP contribution in [0, 0.1) is 0 Å². The molecule has 0 bridgehead atoms. The molecule has 1 aromatic rings. The molecule has 0 unspecified atom stereocenters. The molecule has 0 heterocycles. The molecular formula is C12H14O6. The topological polar surface area (TPSA) is 71.1 Å². The minimum Gasteiger partial charge on any atom is -0.468 e. The summed E-state index contributed by atoms with van der Waals surface area (Å²) in [6.07, 6.45) is 0. The lowest BCUT2D eigenvalue weighted by atomic mass is 10.1. The Morgan fingerprint density at radius 3 is 1.83 bits per heavy atom. The summed E-state index contributed by atoms with van der Waals surface area (Å²) in [4.78, 5) is 22.9. The number of benzene rings is 1. The first-order valence-corrected chi connectivity index (χ1v) is 5.05. The summed E-state index contributed by atoms with van der Waals surface area (Å²) >= 11 is 0. The lowest BCUT2D eigenvalue weighted by Gasteiger charge is -2.08. The smallest absolute Gasteiger partial charge is 0.338 e. The predicted octanol–water partition coefficient (Wildman–Crippen LogP) is 1.24. The van der Waals surface area contributed by atoms with Crippen molar-refractivity contribution in [1.29, 1.82) is 0 Å². The number of rotatable bonds is 5. The van der Waals surface area contributed by atoms with Crippen molar-refractivity contribution in [3.05, 3.63) is 29.3 Å². The molecule has 0 amide bonds. The summed E-state index contributed by atoms with van der Waals surface area (Å²) in [7, 11) is 3.97. The van der Waals surface area contributed by atoms with Gasteiger partial charge in [-0.1, -0.05) is 0 Å². The second-order valence-electron chi connectivity index (χ2n) is 3.28. The highest BCUT2D eigenvalue weighted by atomic mass is 16.7. The van der Waals surface area contributed by atoms with Crippen molar-refractivity contribution < 1.29 is 28.5 Å². The minimum atomic E-state index is -0.567. The zero-order chi connectivity index (χ0) is 13.5. The van der Waals surface area contributed by atoms with E-state index in [1.165, 1.54) is 39.5 Å². The summed E-state index contributed by atoms with van der Waals surface area (Å²) in [5.41, 5.74) is 0.401. The fraction of sp³-hybridized carbons (Fsp3) is 0.333. The van der Waals surface area contributed by atoms with Crippen LogP contribution in [0.1, 0.15) is 20.7 Å². The first-order chi connectivity index (χ1) is 8.62. The molecule has 0 radical (unpaired) electrons. The van der Waals surface area contributed by atoms with Gasteiger partial charge in [-0.25, -0.2) is 9.59 Å². The van der Waals surface area contributed by atoms with Crippen LogP contribution in [0.25, 0.3) is 0 Å². The zero-order valence-corrected chi connectivity index (χ0v) is 10.4. The second-order valence-corrected chi connectivity index (χ2v) is 3.28. The van der Waals surface area contributed by atoms with Crippen LogP contribution in [0.5, 0.6) is 5.75 Å². The van der Waals surface area contributed by atoms with Crippen LogP contribution >= 0.6 is 0 Å². The first-order valence-electron chi connectivity index (χ1n) is 5.05. The normalized spacial score (nSPS) is 9.72. The van der Waals surface area contributed by atoms with Crippen LogP contribution < -0.4 is 4.74 Å². The van der Waals surface area contributed by atoms with Crippen molar-refractivity contribution in [2.75, 3.05) is 28.1 Å². The summed E-state index contributed by atoms with van der Waals surface area (Å²) in [5.74, 6) is -0.814. The molecule has 6 heteroatoms. The van der Waals surface area contributed by atoms with Gasteiger partial charge in [0.05, 0.1) is 25.3 Å². The Labute approximate surface area is 104 Å². The van der Waals surface area contributed by atoms with E-state index in [0.29, 0.717) is 5.75 Å². The molecule has 0 saturated heterocycles. The van der Waals surface area contributed by atoms with Crippen molar-refractivity contribution in [2.45, 2.75) is 0 Å². The number of carbonyl (C=O) groups is 2. The van der Waals surface area contributed by atoms with Crippen LogP contribution in [0.15, 0.2) is 18.2 Å². The Bertz CT molecular complexity index is 406. The van der Waals surface area contributed by atoms with Crippen LogP contribution in [0.2, 0.25) is 0 Å². The Balaban J connectivity index is 3.11. The van der Waals surface area contributed by atoms with Gasteiger partial charge in [-0.2, -0.15) is 0 Å². The number of hydrogen-bond acceptors (Lipinski definition) is 6. The van der Waals surface area contributed by atoms with Crippen LogP contribution in [0.3, 0.4) is 0 Å². The SMILES string of the molecule is COCOc1cc(C(=O)OC)cc(C(=O)OC)c1. The van der Waals surface area contributed by atoms with E-state index in [0.717, 1.165) is 0 Å². The Kier molecular flexibility index (Phi) is 5.13. The van der Waals surface area contributed by atoms with Crippen molar-refractivity contribution in [3.63, 3.8) is 0 Å². The quantitative estimate of drug-likeness (QED) is 0.581. The molecule has 0 spiro atoms. The van der Waals surface area contributed by atoms with Crippen LogP contribution in [-0.4, -0.2) is 40.1 Å². The van der Waals surface area contributed by atoms with Crippen molar-refractivity contribution in [1.82, 2.24) is 0 Å². The van der Waals surface area contributed by atoms with Crippen molar-refractivity contribution in [2.24, 2.45) is 0 Å². The zero-order valence-electron chi connectivity index (χ0n) is 10.4. The lowest BCUT2D eigenvalue weighted by molar-refractivity contribution is 0.0497. The largest absolute Gasteiger partial charge is 0.468 e. The third-order valence-corrected chi connectivity index (χ3v) is 2.09. The number of esters is 2. The molecule has 0 saturated carbocycles. The molecule has 6 nitrogen and oxygen atoms in total. The van der Waals surface area contributed by atoms with Gasteiger partial charge in [-0.05, 0) is 18.2 Å². The van der Waals surface area contributed by atoms with Gasteiger partial charge in [-0.15, -0.1) is 0 Å². The van der Waals surface area contributed by atoms with Gasteiger partial charge >= 0.3 is 11.9 Å². The van der Waals surface area contributed by atoms with Gasteiger partial charge in [0.1, 0.15) is 5.75 Å². The molecule has 98 valence electrons. The number of carbonyl (C=O) groups excluding carboxylic acids is 2. The van der Waals surface area contributed by atoms with Gasteiger partial charge in [0, 0.05) is 7.11 Å². The van der Waals surface area contributed by atoms with Crippen molar-refractivity contribution >= 4 is 11.9 Å². The highest BCUT2D eigenvalue weighted by Crippen LogP contribution is 2.19. The van der Waals surface area contributed by atoms with Gasteiger partial charge in [0.2, 0.25) is 0 Å². The molecule has 0 aliphatic rings. The fourth-order valence-electron chi connectivity index (χ4n) is 1.28. The number of methoxy groups -OCH3 is 3. The molecule has 1 rings (SSSR count). The molecule has 0 fully saturated rings. The molecule has 0 N–H and O–H groups in total. The molecule has 0 aromatic heterocycles.